The fourth-order valence-electron chi connectivity index (χ4n) is 1.22. The van der Waals surface area contributed by atoms with Crippen molar-refractivity contribution in [3.63, 3.8) is 0 Å². The maximum Gasteiger partial charge on any atom is 0.213 e. The molecular weight excluding hydrogens is 282 g/mol. The zero-order chi connectivity index (χ0) is 9.54. The van der Waals surface area contributed by atoms with Crippen LogP contribution >= 0.6 is 38.6 Å². The van der Waals surface area contributed by atoms with Gasteiger partial charge in [-0.05, 0) is 27.4 Å². The van der Waals surface area contributed by atoms with Gasteiger partial charge in [0.1, 0.15) is 5.69 Å². The first-order chi connectivity index (χ1) is 6.83. The van der Waals surface area contributed by atoms with Crippen molar-refractivity contribution in [3.05, 3.63) is 27.6 Å². The Morgan fingerprint density at radius 1 is 1.43 bits per heavy atom. The number of hydrogen-bond acceptors (Lipinski definition) is 4. The Morgan fingerprint density at radius 3 is 3.07 bits per heavy atom. The molecular formula is C8H4BrN3S2. The minimum absolute atomic E-state index is 0.859. The Bertz CT molecular complexity index is 535. The first-order valence-electron chi connectivity index (χ1n) is 3.88. The van der Waals surface area contributed by atoms with E-state index in [-0.39, 0.29) is 0 Å². The van der Waals surface area contributed by atoms with Crippen molar-refractivity contribution in [2.45, 2.75) is 0 Å². The van der Waals surface area contributed by atoms with E-state index in [9.17, 15) is 0 Å². The van der Waals surface area contributed by atoms with Gasteiger partial charge in [0.15, 0.2) is 3.92 Å². The van der Waals surface area contributed by atoms with Crippen molar-refractivity contribution in [3.8, 4) is 10.6 Å². The van der Waals surface area contributed by atoms with Crippen LogP contribution in [-0.4, -0.2) is 14.6 Å². The highest BCUT2D eigenvalue weighted by Crippen LogP contribution is 2.26. The van der Waals surface area contributed by atoms with E-state index in [1.54, 1.807) is 15.9 Å². The van der Waals surface area contributed by atoms with Gasteiger partial charge in [0, 0.05) is 0 Å². The standard InChI is InChI=1S/C8H4BrN3S2/c9-7-11-12-4-5(10-8(12)14-7)6-2-1-3-13-6/h1-4H. The Hall–Kier alpha value is -0.720. The SMILES string of the molecule is Brc1nn2cc(-c3cccs3)nc2s1. The van der Waals surface area contributed by atoms with Gasteiger partial charge in [0.25, 0.3) is 0 Å². The molecule has 70 valence electrons. The van der Waals surface area contributed by atoms with Gasteiger partial charge in [-0.15, -0.1) is 16.4 Å². The van der Waals surface area contributed by atoms with E-state index in [0.717, 1.165) is 14.6 Å². The first-order valence-corrected chi connectivity index (χ1v) is 6.37. The van der Waals surface area contributed by atoms with Crippen LogP contribution in [0.1, 0.15) is 0 Å². The summed E-state index contributed by atoms with van der Waals surface area (Å²) in [5.41, 5.74) is 0.992. The molecule has 0 bridgehead atoms. The average molecular weight is 286 g/mol. The normalized spacial score (nSPS) is 11.2. The number of halogens is 1. The molecule has 3 aromatic heterocycles. The Balaban J connectivity index is 2.20. The lowest BCUT2D eigenvalue weighted by Crippen LogP contribution is -1.77. The van der Waals surface area contributed by atoms with Gasteiger partial charge in [0.2, 0.25) is 4.96 Å². The van der Waals surface area contributed by atoms with Crippen molar-refractivity contribution < 1.29 is 0 Å². The summed E-state index contributed by atoms with van der Waals surface area (Å²) in [4.78, 5) is 6.57. The van der Waals surface area contributed by atoms with Crippen LogP contribution in [0.4, 0.5) is 0 Å². The van der Waals surface area contributed by atoms with Crippen LogP contribution in [-0.2, 0) is 0 Å². The van der Waals surface area contributed by atoms with E-state index in [2.05, 4.69) is 32.1 Å². The summed E-state index contributed by atoms with van der Waals surface area (Å²) >= 11 is 6.55. The van der Waals surface area contributed by atoms with Crippen LogP contribution in [0.5, 0.6) is 0 Å². The van der Waals surface area contributed by atoms with Gasteiger partial charge >= 0.3 is 0 Å². The molecule has 3 heterocycles. The van der Waals surface area contributed by atoms with E-state index < -0.39 is 0 Å². The molecule has 0 unspecified atom stereocenters. The lowest BCUT2D eigenvalue weighted by molar-refractivity contribution is 0.959. The Kier molecular flexibility index (Phi) is 1.93. The van der Waals surface area contributed by atoms with Crippen LogP contribution in [0.2, 0.25) is 0 Å². The summed E-state index contributed by atoms with van der Waals surface area (Å²) in [5.74, 6) is 0. The average Bonchev–Trinajstić information content (AvgIpc) is 2.74. The summed E-state index contributed by atoms with van der Waals surface area (Å²) in [6.07, 6.45) is 1.95. The summed E-state index contributed by atoms with van der Waals surface area (Å²) in [7, 11) is 0. The van der Waals surface area contributed by atoms with Crippen LogP contribution in [0.15, 0.2) is 27.6 Å². The van der Waals surface area contributed by atoms with Gasteiger partial charge < -0.3 is 0 Å². The van der Waals surface area contributed by atoms with Crippen molar-refractivity contribution in [2.75, 3.05) is 0 Å². The Labute approximate surface area is 96.2 Å². The van der Waals surface area contributed by atoms with E-state index in [1.807, 2.05) is 17.6 Å². The zero-order valence-electron chi connectivity index (χ0n) is 6.85. The summed E-state index contributed by atoms with van der Waals surface area (Å²) in [6.45, 7) is 0. The highest BCUT2D eigenvalue weighted by Gasteiger charge is 2.08. The van der Waals surface area contributed by atoms with E-state index >= 15 is 0 Å². The number of nitrogens with zero attached hydrogens (tertiary/aromatic N) is 3. The number of imidazole rings is 1. The van der Waals surface area contributed by atoms with Crippen molar-refractivity contribution >= 4 is 43.6 Å². The van der Waals surface area contributed by atoms with Gasteiger partial charge in [0.05, 0.1) is 11.1 Å². The van der Waals surface area contributed by atoms with Gasteiger partial charge in [-0.25, -0.2) is 9.50 Å². The lowest BCUT2D eigenvalue weighted by atomic mass is 10.4. The second-order valence-corrected chi connectivity index (χ2v) is 5.87. The van der Waals surface area contributed by atoms with Crippen LogP contribution in [0, 0.1) is 0 Å². The van der Waals surface area contributed by atoms with Crippen LogP contribution in [0.25, 0.3) is 15.5 Å². The first kappa shape index (κ1) is 8.58. The summed E-state index contributed by atoms with van der Waals surface area (Å²) in [5, 5.41) is 6.29. The van der Waals surface area contributed by atoms with Crippen molar-refractivity contribution in [1.82, 2.24) is 14.6 Å². The molecule has 6 heteroatoms. The smallest absolute Gasteiger partial charge is 0.213 e. The van der Waals surface area contributed by atoms with E-state index in [1.165, 1.54) is 16.2 Å². The summed E-state index contributed by atoms with van der Waals surface area (Å²) < 4.78 is 2.65. The third-order valence-electron chi connectivity index (χ3n) is 1.79. The second-order valence-electron chi connectivity index (χ2n) is 2.69. The lowest BCUT2D eigenvalue weighted by Gasteiger charge is -1.84. The quantitative estimate of drug-likeness (QED) is 0.687. The molecule has 0 aromatic carbocycles. The topological polar surface area (TPSA) is 30.2 Å². The fraction of sp³-hybridized carbons (Fsp3) is 0. The molecule has 3 rings (SSSR count). The summed E-state index contributed by atoms with van der Waals surface area (Å²) in [6, 6.07) is 4.09. The third kappa shape index (κ3) is 1.30. The second kappa shape index (κ2) is 3.15. The minimum atomic E-state index is 0.859. The molecule has 3 aromatic rings. The number of hydrogen-bond donors (Lipinski definition) is 0. The molecule has 0 saturated heterocycles. The molecule has 0 spiro atoms. The fourth-order valence-corrected chi connectivity index (χ4v) is 3.11. The molecule has 14 heavy (non-hydrogen) atoms. The van der Waals surface area contributed by atoms with E-state index in [4.69, 9.17) is 0 Å². The maximum absolute atomic E-state index is 4.48. The third-order valence-corrected chi connectivity index (χ3v) is 4.04. The van der Waals surface area contributed by atoms with Crippen molar-refractivity contribution in [1.29, 1.82) is 0 Å². The molecule has 0 amide bonds. The molecule has 0 aliphatic rings. The number of thiophene rings is 1. The highest BCUT2D eigenvalue weighted by atomic mass is 79.9. The van der Waals surface area contributed by atoms with Gasteiger partial charge in [-0.1, -0.05) is 17.4 Å². The number of rotatable bonds is 1. The van der Waals surface area contributed by atoms with Crippen LogP contribution < -0.4 is 0 Å². The van der Waals surface area contributed by atoms with E-state index in [0.29, 0.717) is 0 Å². The number of aromatic nitrogens is 3. The monoisotopic (exact) mass is 285 g/mol. The van der Waals surface area contributed by atoms with Gasteiger partial charge in [-0.3, -0.25) is 0 Å². The molecule has 0 saturated carbocycles. The van der Waals surface area contributed by atoms with Crippen LogP contribution in [0.3, 0.4) is 0 Å². The molecule has 0 fully saturated rings. The molecule has 0 radical (unpaired) electrons. The molecule has 0 N–H and O–H groups in total. The predicted molar refractivity (Wildman–Crippen MR) is 61.9 cm³/mol. The predicted octanol–water partition coefficient (Wildman–Crippen LogP) is 3.28. The molecule has 0 aliphatic carbocycles. The molecule has 0 aliphatic heterocycles. The number of fused-ring (bicyclic) bond motifs is 1. The molecule has 0 atom stereocenters. The largest absolute Gasteiger partial charge is 0.217 e. The van der Waals surface area contributed by atoms with Gasteiger partial charge in [-0.2, -0.15) is 0 Å². The minimum Gasteiger partial charge on any atom is -0.217 e. The molecule has 3 nitrogen and oxygen atoms in total. The maximum atomic E-state index is 4.48. The highest BCUT2D eigenvalue weighted by molar-refractivity contribution is 9.11. The zero-order valence-corrected chi connectivity index (χ0v) is 10.1. The van der Waals surface area contributed by atoms with Crippen molar-refractivity contribution in [2.24, 2.45) is 0 Å². The Morgan fingerprint density at radius 2 is 2.36 bits per heavy atom.